The van der Waals surface area contributed by atoms with Gasteiger partial charge in [-0.05, 0) is 111 Å². The fraction of sp³-hybridized carbons (Fsp3) is 0.568. The van der Waals surface area contributed by atoms with E-state index in [2.05, 4.69) is 67.5 Å². The Morgan fingerprint density at radius 3 is 2.17 bits per heavy atom. The molecular weight excluding hydrogens is 518 g/mol. The van der Waals surface area contributed by atoms with Crippen LogP contribution in [0.1, 0.15) is 95.4 Å². The Hall–Kier alpha value is -3.08. The van der Waals surface area contributed by atoms with E-state index in [9.17, 15) is 9.59 Å². The predicted molar refractivity (Wildman–Crippen MR) is 168 cm³/mol. The van der Waals surface area contributed by atoms with Gasteiger partial charge in [0, 0.05) is 35.1 Å². The minimum absolute atomic E-state index is 0.00723. The highest BCUT2D eigenvalue weighted by atomic mass is 16.2. The number of nitrogens with one attached hydrogen (secondary N) is 2. The maximum absolute atomic E-state index is 14.4. The van der Waals surface area contributed by atoms with Gasteiger partial charge in [0.05, 0.1) is 0 Å². The number of carbonyl (C=O) groups is 2. The van der Waals surface area contributed by atoms with Crippen molar-refractivity contribution in [1.82, 2.24) is 15.2 Å². The first kappa shape index (κ1) is 27.7. The summed E-state index contributed by atoms with van der Waals surface area (Å²) in [5.41, 5.74) is 3.73. The molecule has 8 rings (SSSR count). The van der Waals surface area contributed by atoms with Crippen molar-refractivity contribution in [2.24, 2.45) is 29.1 Å². The van der Waals surface area contributed by atoms with E-state index in [1.165, 1.54) is 35.9 Å². The van der Waals surface area contributed by atoms with Crippen molar-refractivity contribution in [1.29, 1.82) is 0 Å². The van der Waals surface area contributed by atoms with Crippen molar-refractivity contribution < 1.29 is 9.59 Å². The van der Waals surface area contributed by atoms with Crippen LogP contribution in [0.4, 0.5) is 0 Å². The number of rotatable bonds is 8. The summed E-state index contributed by atoms with van der Waals surface area (Å²) in [5, 5.41) is 4.86. The van der Waals surface area contributed by atoms with Crippen molar-refractivity contribution in [2.75, 3.05) is 0 Å². The molecule has 2 amide bonds. The Morgan fingerprint density at radius 1 is 0.929 bits per heavy atom. The molecule has 3 aromatic rings. The number of hydrogen-bond donors (Lipinski definition) is 2. The molecule has 0 radical (unpaired) electrons. The summed E-state index contributed by atoms with van der Waals surface area (Å²) in [6.07, 6.45) is 7.78. The molecule has 5 heteroatoms. The average molecular weight is 566 g/mol. The molecule has 222 valence electrons. The molecule has 5 saturated carbocycles. The van der Waals surface area contributed by atoms with E-state index < -0.39 is 5.54 Å². The van der Waals surface area contributed by atoms with Gasteiger partial charge in [0.15, 0.2) is 0 Å². The highest BCUT2D eigenvalue weighted by molar-refractivity contribution is 5.92. The summed E-state index contributed by atoms with van der Waals surface area (Å²) in [6.45, 7) is 11.1. The number of amides is 2. The number of fused-ring (bicyclic) bond motifs is 1. The Balaban J connectivity index is 1.14. The predicted octanol–water partition coefficient (Wildman–Crippen LogP) is 7.50. The minimum Gasteiger partial charge on any atom is -0.358 e. The second kappa shape index (κ2) is 9.72. The monoisotopic (exact) mass is 565 g/mol. The van der Waals surface area contributed by atoms with E-state index in [1.54, 1.807) is 0 Å². The van der Waals surface area contributed by atoms with Crippen LogP contribution < -0.4 is 5.32 Å². The third-order valence-corrected chi connectivity index (χ3v) is 11.8. The molecule has 0 aliphatic heterocycles. The van der Waals surface area contributed by atoms with E-state index in [-0.39, 0.29) is 28.7 Å². The maximum atomic E-state index is 14.4. The van der Waals surface area contributed by atoms with Gasteiger partial charge in [-0.15, -0.1) is 0 Å². The topological polar surface area (TPSA) is 65.2 Å². The highest BCUT2D eigenvalue weighted by Crippen LogP contribution is 2.67. The summed E-state index contributed by atoms with van der Waals surface area (Å²) < 4.78 is 0. The van der Waals surface area contributed by atoms with Crippen LogP contribution in [0.25, 0.3) is 10.9 Å². The van der Waals surface area contributed by atoms with Gasteiger partial charge >= 0.3 is 0 Å². The first-order chi connectivity index (χ1) is 20.0. The van der Waals surface area contributed by atoms with Crippen LogP contribution in [0, 0.1) is 36.0 Å². The number of benzene rings is 2. The zero-order valence-electron chi connectivity index (χ0n) is 26.0. The number of H-pyrrole nitrogens is 1. The Morgan fingerprint density at radius 2 is 1.52 bits per heavy atom. The smallest absolute Gasteiger partial charge is 0.245 e. The van der Waals surface area contributed by atoms with Gasteiger partial charge in [-0.3, -0.25) is 9.59 Å². The van der Waals surface area contributed by atoms with Gasteiger partial charge in [-0.2, -0.15) is 0 Å². The molecule has 4 bridgehead atoms. The van der Waals surface area contributed by atoms with E-state index in [1.807, 2.05) is 36.9 Å². The van der Waals surface area contributed by atoms with E-state index in [0.29, 0.717) is 18.9 Å². The standard InChI is InChI=1S/C37H47N3O2/c1-23-32(28-13-9-10-14-30(28)38-23)33-29(35(33,2)3)18-31(41)40(22-24-11-7-6-8-12-24)36(4,5)34(42)39-37-19-25-15-26(20-37)17-27(16-25)21-37/h6-14,25-27,29,33,38H,15-22H2,1-5H3,(H,39,42)/t25?,26?,27?,29-,33-,37?/m1/s1. The lowest BCUT2D eigenvalue weighted by atomic mass is 9.53. The van der Waals surface area contributed by atoms with Crippen LogP contribution in [0.3, 0.4) is 0 Å². The Bertz CT molecular complexity index is 1480. The molecule has 2 atom stereocenters. The van der Waals surface area contributed by atoms with E-state index in [4.69, 9.17) is 0 Å². The molecule has 2 aromatic carbocycles. The molecular formula is C37H47N3O2. The van der Waals surface area contributed by atoms with Crippen molar-refractivity contribution >= 4 is 22.7 Å². The molecule has 0 saturated heterocycles. The van der Waals surface area contributed by atoms with Crippen molar-refractivity contribution in [3.8, 4) is 0 Å². The normalized spacial score (nSPS) is 30.8. The second-order valence-electron chi connectivity index (χ2n) is 15.5. The summed E-state index contributed by atoms with van der Waals surface area (Å²) >= 11 is 0. The van der Waals surface area contributed by atoms with Crippen LogP contribution >= 0.6 is 0 Å². The summed E-state index contributed by atoms with van der Waals surface area (Å²) in [4.78, 5) is 34.1. The molecule has 1 heterocycles. The van der Waals surface area contributed by atoms with Crippen LogP contribution in [0.2, 0.25) is 0 Å². The number of nitrogens with zero attached hydrogens (tertiary/aromatic N) is 1. The lowest BCUT2D eigenvalue weighted by molar-refractivity contribution is -0.150. The van der Waals surface area contributed by atoms with E-state index in [0.717, 1.165) is 48.1 Å². The summed E-state index contributed by atoms with van der Waals surface area (Å²) in [7, 11) is 0. The van der Waals surface area contributed by atoms with Crippen LogP contribution in [-0.2, 0) is 16.1 Å². The van der Waals surface area contributed by atoms with Crippen molar-refractivity contribution in [2.45, 2.75) is 103 Å². The van der Waals surface area contributed by atoms with Crippen LogP contribution in [0.5, 0.6) is 0 Å². The van der Waals surface area contributed by atoms with Gasteiger partial charge in [-0.25, -0.2) is 0 Å². The molecule has 1 aromatic heterocycles. The lowest BCUT2D eigenvalue weighted by Crippen LogP contribution is -2.65. The third-order valence-electron chi connectivity index (χ3n) is 11.8. The largest absolute Gasteiger partial charge is 0.358 e. The fourth-order valence-corrected chi connectivity index (χ4v) is 9.84. The maximum Gasteiger partial charge on any atom is 0.245 e. The lowest BCUT2D eigenvalue weighted by Gasteiger charge is -2.57. The fourth-order valence-electron chi connectivity index (χ4n) is 9.84. The van der Waals surface area contributed by atoms with Gasteiger partial charge in [-0.1, -0.05) is 62.4 Å². The minimum atomic E-state index is -0.957. The molecule has 5 nitrogen and oxygen atoms in total. The number of aromatic amines is 1. The number of aromatic nitrogens is 1. The van der Waals surface area contributed by atoms with E-state index >= 15 is 0 Å². The molecule has 0 spiro atoms. The summed E-state index contributed by atoms with van der Waals surface area (Å²) in [5.74, 6) is 2.87. The second-order valence-corrected chi connectivity index (χ2v) is 15.5. The number of hydrogen-bond acceptors (Lipinski definition) is 2. The SMILES string of the molecule is Cc1[nH]c2ccccc2c1[C@H]1[C@@H](CC(=O)N(Cc2ccccc2)C(C)(C)C(=O)NC23CC4CC(CC(C4)C2)C3)C1(C)C. The van der Waals surface area contributed by atoms with Crippen molar-refractivity contribution in [3.05, 3.63) is 71.4 Å². The molecule has 2 N–H and O–H groups in total. The van der Waals surface area contributed by atoms with Gasteiger partial charge in [0.25, 0.3) is 0 Å². The van der Waals surface area contributed by atoms with Crippen LogP contribution in [0.15, 0.2) is 54.6 Å². The average Bonchev–Trinajstić information content (AvgIpc) is 3.27. The Labute approximate surface area is 250 Å². The van der Waals surface area contributed by atoms with Gasteiger partial charge < -0.3 is 15.2 Å². The zero-order valence-corrected chi connectivity index (χ0v) is 26.0. The molecule has 5 aliphatic carbocycles. The van der Waals surface area contributed by atoms with Crippen LogP contribution in [-0.4, -0.2) is 32.8 Å². The van der Waals surface area contributed by atoms with Gasteiger partial charge in [0.1, 0.15) is 5.54 Å². The zero-order chi connectivity index (χ0) is 29.4. The Kier molecular flexibility index (Phi) is 6.42. The first-order valence-corrected chi connectivity index (χ1v) is 16.2. The number of aryl methyl sites for hydroxylation is 1. The molecule has 5 aliphatic rings. The molecule has 42 heavy (non-hydrogen) atoms. The third kappa shape index (κ3) is 4.59. The van der Waals surface area contributed by atoms with Crippen molar-refractivity contribution in [3.63, 3.8) is 0 Å². The van der Waals surface area contributed by atoms with Gasteiger partial charge in [0.2, 0.25) is 11.8 Å². The highest BCUT2D eigenvalue weighted by Gasteiger charge is 2.60. The molecule has 0 unspecified atom stereocenters. The molecule has 5 fully saturated rings. The number of para-hydroxylation sites is 1. The summed E-state index contributed by atoms with van der Waals surface area (Å²) in [6, 6.07) is 18.6. The first-order valence-electron chi connectivity index (χ1n) is 16.2. The quantitative estimate of drug-likeness (QED) is 0.297. The number of carbonyl (C=O) groups excluding carboxylic acids is 2.